The molecule has 5 rings (SSSR count). The first-order valence-electron chi connectivity index (χ1n) is 11.5. The molecule has 3 aromatic carbocycles. The number of aromatic nitrogens is 1. The average molecular weight is 476 g/mol. The predicted octanol–water partition coefficient (Wildman–Crippen LogP) is 7.01. The van der Waals surface area contributed by atoms with E-state index in [2.05, 4.69) is 10.3 Å². The maximum Gasteiger partial charge on any atom is 0.211 e. The van der Waals surface area contributed by atoms with Crippen molar-refractivity contribution < 1.29 is 8.81 Å². The van der Waals surface area contributed by atoms with Crippen molar-refractivity contribution in [2.75, 3.05) is 5.32 Å². The second-order valence-electron chi connectivity index (χ2n) is 8.59. The molecular weight excluding hydrogens is 453 g/mol. The Morgan fingerprint density at radius 1 is 1.03 bits per heavy atom. The van der Waals surface area contributed by atoms with Crippen LogP contribution in [0, 0.1) is 24.1 Å². The first-order chi connectivity index (χ1) is 17.5. The number of aryl methyl sites for hydroxylation is 1. The molecule has 0 aliphatic carbocycles. The molecule has 1 atom stereocenters. The monoisotopic (exact) mass is 475 g/mol. The van der Waals surface area contributed by atoms with E-state index in [1.165, 1.54) is 6.07 Å². The van der Waals surface area contributed by atoms with Crippen molar-refractivity contribution in [2.45, 2.75) is 19.9 Å². The number of hydrogen-bond donors (Lipinski definition) is 1. The number of nitriles is 1. The number of nitrogens with zero attached hydrogens (tertiary/aromatic N) is 2. The third kappa shape index (κ3) is 4.12. The number of fused-ring (bicyclic) bond motifs is 1. The van der Waals surface area contributed by atoms with Gasteiger partial charge in [-0.3, -0.25) is 9.78 Å². The molecular formula is C30H22FN3O2. The number of rotatable bonds is 5. The molecule has 2 heterocycles. The van der Waals surface area contributed by atoms with Crippen LogP contribution in [0.25, 0.3) is 33.6 Å². The Labute approximate surface area is 207 Å². The van der Waals surface area contributed by atoms with Crippen LogP contribution < -0.4 is 10.7 Å². The van der Waals surface area contributed by atoms with Crippen LogP contribution in [0.3, 0.4) is 0 Å². The van der Waals surface area contributed by atoms with Crippen molar-refractivity contribution in [1.29, 1.82) is 5.26 Å². The fraction of sp³-hybridized carbons (Fsp3) is 0.100. The number of anilines is 1. The minimum absolute atomic E-state index is 0.0278. The Balaban J connectivity index is 1.66. The number of halogens is 1. The fourth-order valence-electron chi connectivity index (χ4n) is 4.39. The predicted molar refractivity (Wildman–Crippen MR) is 139 cm³/mol. The van der Waals surface area contributed by atoms with Gasteiger partial charge in [-0.1, -0.05) is 48.5 Å². The molecule has 5 aromatic rings. The highest BCUT2D eigenvalue weighted by Crippen LogP contribution is 2.34. The van der Waals surface area contributed by atoms with Crippen LogP contribution in [-0.2, 0) is 0 Å². The molecule has 0 amide bonds. The maximum atomic E-state index is 14.6. The molecule has 0 spiro atoms. The largest absolute Gasteiger partial charge is 0.454 e. The molecule has 2 aromatic heterocycles. The number of benzene rings is 3. The lowest BCUT2D eigenvalue weighted by Gasteiger charge is -2.20. The summed E-state index contributed by atoms with van der Waals surface area (Å²) in [6.07, 6.45) is 1.62. The van der Waals surface area contributed by atoms with Gasteiger partial charge in [0.05, 0.1) is 22.8 Å². The van der Waals surface area contributed by atoms with E-state index in [9.17, 15) is 14.4 Å². The summed E-state index contributed by atoms with van der Waals surface area (Å²) in [5.74, 6) is -0.128. The van der Waals surface area contributed by atoms with Crippen LogP contribution in [0.5, 0.6) is 0 Å². The third-order valence-electron chi connectivity index (χ3n) is 6.09. The summed E-state index contributed by atoms with van der Waals surface area (Å²) in [4.78, 5) is 17.8. The molecule has 1 N–H and O–H groups in total. The van der Waals surface area contributed by atoms with Crippen molar-refractivity contribution in [3.05, 3.63) is 118 Å². The van der Waals surface area contributed by atoms with Gasteiger partial charge in [0.15, 0.2) is 5.76 Å². The van der Waals surface area contributed by atoms with Crippen molar-refractivity contribution in [1.82, 2.24) is 4.98 Å². The van der Waals surface area contributed by atoms with E-state index < -0.39 is 0 Å². The summed E-state index contributed by atoms with van der Waals surface area (Å²) in [5.41, 5.74) is 3.76. The Morgan fingerprint density at radius 3 is 2.53 bits per heavy atom. The summed E-state index contributed by atoms with van der Waals surface area (Å²) in [5, 5.41) is 13.5. The second-order valence-corrected chi connectivity index (χ2v) is 8.59. The molecule has 5 nitrogen and oxygen atoms in total. The van der Waals surface area contributed by atoms with Gasteiger partial charge >= 0.3 is 0 Å². The van der Waals surface area contributed by atoms with E-state index in [4.69, 9.17) is 4.42 Å². The van der Waals surface area contributed by atoms with Gasteiger partial charge in [-0.2, -0.15) is 5.26 Å². The van der Waals surface area contributed by atoms with Crippen molar-refractivity contribution in [2.24, 2.45) is 0 Å². The average Bonchev–Trinajstić information content (AvgIpc) is 2.90. The molecule has 0 saturated carbocycles. The summed E-state index contributed by atoms with van der Waals surface area (Å²) in [6.45, 7) is 3.83. The molecule has 6 heteroatoms. The molecule has 0 aliphatic heterocycles. The lowest BCUT2D eigenvalue weighted by Crippen LogP contribution is -2.13. The SMILES string of the molecule is Cc1cc([C@@H](C)Nc2cccnc2-c2ccccc2F)c2oc(-c3ccccc3)c(C#N)c(=O)c2c1. The highest BCUT2D eigenvalue weighted by molar-refractivity contribution is 5.86. The van der Waals surface area contributed by atoms with Gasteiger partial charge in [0, 0.05) is 22.9 Å². The van der Waals surface area contributed by atoms with Crippen molar-refractivity contribution in [3.8, 4) is 28.7 Å². The summed E-state index contributed by atoms with van der Waals surface area (Å²) >= 11 is 0. The van der Waals surface area contributed by atoms with E-state index >= 15 is 0 Å². The normalized spacial score (nSPS) is 11.7. The minimum atomic E-state index is -0.372. The molecule has 176 valence electrons. The summed E-state index contributed by atoms with van der Waals surface area (Å²) in [7, 11) is 0. The molecule has 0 aliphatic rings. The lowest BCUT2D eigenvalue weighted by atomic mass is 9.98. The molecule has 0 saturated heterocycles. The van der Waals surface area contributed by atoms with Gasteiger partial charge in [0.2, 0.25) is 5.43 Å². The highest BCUT2D eigenvalue weighted by atomic mass is 19.1. The van der Waals surface area contributed by atoms with Crippen LogP contribution in [0.4, 0.5) is 10.1 Å². The van der Waals surface area contributed by atoms with Gasteiger partial charge in [-0.25, -0.2) is 4.39 Å². The highest BCUT2D eigenvalue weighted by Gasteiger charge is 2.21. The lowest BCUT2D eigenvalue weighted by molar-refractivity contribution is 0.608. The Bertz CT molecular complexity index is 1690. The Hall–Kier alpha value is -4.76. The van der Waals surface area contributed by atoms with Gasteiger partial charge < -0.3 is 9.73 Å². The van der Waals surface area contributed by atoms with Gasteiger partial charge in [-0.05, 0) is 49.7 Å². The van der Waals surface area contributed by atoms with E-state index in [0.717, 1.165) is 11.1 Å². The summed E-state index contributed by atoms with van der Waals surface area (Å²) in [6, 6.07) is 24.6. The van der Waals surface area contributed by atoms with E-state index in [-0.39, 0.29) is 28.6 Å². The molecule has 36 heavy (non-hydrogen) atoms. The van der Waals surface area contributed by atoms with Gasteiger partial charge in [0.25, 0.3) is 0 Å². The fourth-order valence-corrected chi connectivity index (χ4v) is 4.39. The van der Waals surface area contributed by atoms with Crippen molar-refractivity contribution >= 4 is 16.7 Å². The van der Waals surface area contributed by atoms with Gasteiger partial charge in [-0.15, -0.1) is 0 Å². The Morgan fingerprint density at radius 2 is 1.78 bits per heavy atom. The number of pyridine rings is 1. The molecule has 0 radical (unpaired) electrons. The van der Waals surface area contributed by atoms with Crippen LogP contribution >= 0.6 is 0 Å². The van der Waals surface area contributed by atoms with E-state index in [1.807, 2.05) is 50.2 Å². The van der Waals surface area contributed by atoms with Crippen molar-refractivity contribution in [3.63, 3.8) is 0 Å². The molecule has 0 fully saturated rings. The molecule has 0 unspecified atom stereocenters. The van der Waals surface area contributed by atoms with E-state index in [0.29, 0.717) is 33.5 Å². The summed E-state index contributed by atoms with van der Waals surface area (Å²) < 4.78 is 20.8. The molecule has 0 bridgehead atoms. The number of nitrogens with one attached hydrogen (secondary N) is 1. The van der Waals surface area contributed by atoms with Crippen LogP contribution in [0.1, 0.15) is 29.7 Å². The zero-order valence-corrected chi connectivity index (χ0v) is 19.7. The smallest absolute Gasteiger partial charge is 0.211 e. The minimum Gasteiger partial charge on any atom is -0.454 e. The standard InChI is InChI=1S/C30H22FN3O2/c1-18-15-22(19(2)34-26-13-8-14-33-27(26)21-11-6-7-12-25(21)31)30-23(16-18)28(35)24(17-32)29(36-30)20-9-4-3-5-10-20/h3-16,19,34H,1-2H3/t19-/m1/s1. The third-order valence-corrected chi connectivity index (χ3v) is 6.09. The Kier molecular flexibility index (Phi) is 6.05. The van der Waals surface area contributed by atoms with Crippen LogP contribution in [0.15, 0.2) is 94.3 Å². The van der Waals surface area contributed by atoms with E-state index in [1.54, 1.807) is 48.7 Å². The zero-order chi connectivity index (χ0) is 25.2. The first-order valence-corrected chi connectivity index (χ1v) is 11.5. The van der Waals surface area contributed by atoms with Crippen LogP contribution in [-0.4, -0.2) is 4.98 Å². The van der Waals surface area contributed by atoms with Gasteiger partial charge in [0.1, 0.15) is 23.0 Å². The zero-order valence-electron chi connectivity index (χ0n) is 19.7. The maximum absolute atomic E-state index is 14.6. The quantitative estimate of drug-likeness (QED) is 0.296. The first kappa shape index (κ1) is 23.0. The topological polar surface area (TPSA) is 78.9 Å². The van der Waals surface area contributed by atoms with Crippen LogP contribution in [0.2, 0.25) is 0 Å². The second kappa shape index (κ2) is 9.47. The number of hydrogen-bond acceptors (Lipinski definition) is 5.